The third-order valence-electron chi connectivity index (χ3n) is 2.76. The summed E-state index contributed by atoms with van der Waals surface area (Å²) in [5, 5.41) is 18.5. The largest absolute Gasteiger partial charge is 0.388 e. The van der Waals surface area contributed by atoms with E-state index < -0.39 is 5.60 Å². The Hall–Kier alpha value is -0.580. The molecular formula is C12H22ClN3O. The molecule has 5 heteroatoms. The fraction of sp³-hybridized carbons (Fsp3) is 0.750. The Morgan fingerprint density at radius 1 is 1.47 bits per heavy atom. The lowest BCUT2D eigenvalue weighted by Crippen LogP contribution is -2.40. The van der Waals surface area contributed by atoms with Crippen LogP contribution in [-0.2, 0) is 13.0 Å². The first kappa shape index (κ1) is 14.5. The summed E-state index contributed by atoms with van der Waals surface area (Å²) in [4.78, 5) is 0. The second-order valence-corrected chi connectivity index (χ2v) is 4.99. The van der Waals surface area contributed by atoms with Crippen LogP contribution in [0.1, 0.15) is 32.2 Å². The van der Waals surface area contributed by atoms with Gasteiger partial charge in [0.05, 0.1) is 22.0 Å². The van der Waals surface area contributed by atoms with Gasteiger partial charge in [0.25, 0.3) is 0 Å². The van der Waals surface area contributed by atoms with Crippen molar-refractivity contribution < 1.29 is 5.11 Å². The molecule has 0 aliphatic rings. The van der Waals surface area contributed by atoms with Gasteiger partial charge < -0.3 is 10.4 Å². The van der Waals surface area contributed by atoms with Gasteiger partial charge in [0.15, 0.2) is 0 Å². The van der Waals surface area contributed by atoms with Gasteiger partial charge in [-0.2, -0.15) is 5.10 Å². The van der Waals surface area contributed by atoms with Crippen molar-refractivity contribution in [1.29, 1.82) is 0 Å². The number of rotatable bonds is 6. The molecule has 0 aliphatic carbocycles. The van der Waals surface area contributed by atoms with Gasteiger partial charge >= 0.3 is 0 Å². The maximum Gasteiger partial charge on any atom is 0.0848 e. The first-order chi connectivity index (χ1) is 7.91. The van der Waals surface area contributed by atoms with Crippen molar-refractivity contribution in [2.75, 3.05) is 13.1 Å². The Morgan fingerprint density at radius 2 is 2.12 bits per heavy atom. The van der Waals surface area contributed by atoms with Crippen LogP contribution in [0.15, 0.2) is 0 Å². The number of hydrogen-bond donors (Lipinski definition) is 2. The van der Waals surface area contributed by atoms with Crippen molar-refractivity contribution in [2.45, 2.75) is 46.3 Å². The molecule has 98 valence electrons. The molecule has 0 aliphatic heterocycles. The minimum Gasteiger partial charge on any atom is -0.388 e. The molecule has 0 amide bonds. The molecule has 1 aromatic heterocycles. The summed E-state index contributed by atoms with van der Waals surface area (Å²) in [5.74, 6) is 0. The molecule has 0 fully saturated rings. The first-order valence-corrected chi connectivity index (χ1v) is 6.44. The second kappa shape index (κ2) is 5.85. The van der Waals surface area contributed by atoms with Crippen LogP contribution in [0.5, 0.6) is 0 Å². The van der Waals surface area contributed by atoms with Crippen LogP contribution in [-0.4, -0.2) is 33.6 Å². The molecule has 2 N–H and O–H groups in total. The highest BCUT2D eigenvalue weighted by molar-refractivity contribution is 6.31. The molecule has 1 atom stereocenters. The maximum atomic E-state index is 10.3. The Labute approximate surface area is 108 Å². The molecule has 0 aromatic carbocycles. The number of nitrogens with zero attached hydrogens (tertiary/aromatic N) is 2. The van der Waals surface area contributed by atoms with Gasteiger partial charge in [0, 0.05) is 19.5 Å². The highest BCUT2D eigenvalue weighted by atomic mass is 35.5. The normalized spacial score (nSPS) is 14.9. The number of aryl methyl sites for hydroxylation is 2. The van der Waals surface area contributed by atoms with Crippen LogP contribution in [0.3, 0.4) is 0 Å². The molecule has 1 unspecified atom stereocenters. The molecule has 0 bridgehead atoms. The van der Waals surface area contributed by atoms with Gasteiger partial charge in [-0.05, 0) is 27.3 Å². The van der Waals surface area contributed by atoms with Crippen LogP contribution in [0.4, 0.5) is 0 Å². The number of aliphatic hydroxyl groups is 1. The molecule has 0 saturated heterocycles. The SMILES string of the molecule is CCNCC(C)(O)Cc1c(Cl)c(C)nn1CC. The average Bonchev–Trinajstić information content (AvgIpc) is 2.54. The van der Waals surface area contributed by atoms with Gasteiger partial charge in [-0.3, -0.25) is 4.68 Å². The first-order valence-electron chi connectivity index (χ1n) is 6.06. The van der Waals surface area contributed by atoms with Gasteiger partial charge in [0.1, 0.15) is 0 Å². The standard InChI is InChI=1S/C12H22ClN3O/c1-5-14-8-12(4,17)7-10-11(13)9(3)15-16(10)6-2/h14,17H,5-8H2,1-4H3. The lowest BCUT2D eigenvalue weighted by atomic mass is 10.00. The van der Waals surface area contributed by atoms with Crippen molar-refractivity contribution in [3.05, 3.63) is 16.4 Å². The van der Waals surface area contributed by atoms with Gasteiger partial charge in [-0.25, -0.2) is 0 Å². The van der Waals surface area contributed by atoms with Gasteiger partial charge in [-0.1, -0.05) is 18.5 Å². The van der Waals surface area contributed by atoms with E-state index in [1.807, 2.05) is 32.4 Å². The Balaban J connectivity index is 2.86. The van der Waals surface area contributed by atoms with E-state index in [4.69, 9.17) is 11.6 Å². The molecule has 0 spiro atoms. The maximum absolute atomic E-state index is 10.3. The predicted molar refractivity (Wildman–Crippen MR) is 70.5 cm³/mol. The summed E-state index contributed by atoms with van der Waals surface area (Å²) in [6.45, 7) is 9.89. The van der Waals surface area contributed by atoms with E-state index in [2.05, 4.69) is 10.4 Å². The van der Waals surface area contributed by atoms with Crippen molar-refractivity contribution in [3.63, 3.8) is 0 Å². The molecule has 17 heavy (non-hydrogen) atoms. The van der Waals surface area contributed by atoms with E-state index in [-0.39, 0.29) is 0 Å². The van der Waals surface area contributed by atoms with E-state index in [9.17, 15) is 5.11 Å². The van der Waals surface area contributed by atoms with Crippen LogP contribution >= 0.6 is 11.6 Å². The van der Waals surface area contributed by atoms with Crippen molar-refractivity contribution in [2.24, 2.45) is 0 Å². The van der Waals surface area contributed by atoms with Crippen LogP contribution in [0, 0.1) is 6.92 Å². The summed E-state index contributed by atoms with van der Waals surface area (Å²) >= 11 is 6.22. The quantitative estimate of drug-likeness (QED) is 0.819. The third-order valence-corrected chi connectivity index (χ3v) is 3.25. The highest BCUT2D eigenvalue weighted by Crippen LogP contribution is 2.24. The highest BCUT2D eigenvalue weighted by Gasteiger charge is 2.25. The zero-order chi connectivity index (χ0) is 13.1. The van der Waals surface area contributed by atoms with Crippen molar-refractivity contribution in [3.8, 4) is 0 Å². The summed E-state index contributed by atoms with van der Waals surface area (Å²) in [7, 11) is 0. The lowest BCUT2D eigenvalue weighted by molar-refractivity contribution is 0.0586. The predicted octanol–water partition coefficient (Wildman–Crippen LogP) is 1.77. The summed E-state index contributed by atoms with van der Waals surface area (Å²) in [5.41, 5.74) is 0.927. The number of likely N-dealkylation sites (N-methyl/N-ethyl adjacent to an activating group) is 1. The van der Waals surface area contributed by atoms with Crippen LogP contribution in [0.2, 0.25) is 5.02 Å². The van der Waals surface area contributed by atoms with Crippen LogP contribution in [0.25, 0.3) is 0 Å². The molecule has 0 saturated carbocycles. The Morgan fingerprint density at radius 3 is 2.65 bits per heavy atom. The van der Waals surface area contributed by atoms with E-state index in [1.165, 1.54) is 0 Å². The fourth-order valence-corrected chi connectivity index (χ4v) is 2.06. The molecular weight excluding hydrogens is 238 g/mol. The Bertz CT molecular complexity index is 374. The van der Waals surface area contributed by atoms with E-state index in [0.29, 0.717) is 18.0 Å². The third kappa shape index (κ3) is 3.69. The molecule has 1 heterocycles. The fourth-order valence-electron chi connectivity index (χ4n) is 1.86. The van der Waals surface area contributed by atoms with Gasteiger partial charge in [0.2, 0.25) is 0 Å². The average molecular weight is 260 g/mol. The second-order valence-electron chi connectivity index (χ2n) is 4.62. The minimum absolute atomic E-state index is 0.507. The van der Waals surface area contributed by atoms with Crippen LogP contribution < -0.4 is 5.32 Å². The van der Waals surface area contributed by atoms with Gasteiger partial charge in [-0.15, -0.1) is 0 Å². The molecule has 4 nitrogen and oxygen atoms in total. The minimum atomic E-state index is -0.807. The smallest absolute Gasteiger partial charge is 0.0848 e. The summed E-state index contributed by atoms with van der Waals surface area (Å²) in [6, 6.07) is 0. The number of hydrogen-bond acceptors (Lipinski definition) is 3. The zero-order valence-corrected chi connectivity index (χ0v) is 11.8. The molecule has 1 rings (SSSR count). The van der Waals surface area contributed by atoms with Crippen molar-refractivity contribution in [1.82, 2.24) is 15.1 Å². The Kier molecular flexibility index (Phi) is 4.98. The van der Waals surface area contributed by atoms with E-state index in [1.54, 1.807) is 0 Å². The summed E-state index contributed by atoms with van der Waals surface area (Å²) in [6.07, 6.45) is 0.507. The number of aromatic nitrogens is 2. The lowest BCUT2D eigenvalue weighted by Gasteiger charge is -2.24. The zero-order valence-electron chi connectivity index (χ0n) is 11.0. The van der Waals surface area contributed by atoms with E-state index in [0.717, 1.165) is 24.5 Å². The number of halogens is 1. The number of nitrogens with one attached hydrogen (secondary N) is 1. The molecule has 1 aromatic rings. The topological polar surface area (TPSA) is 50.1 Å². The van der Waals surface area contributed by atoms with Crippen molar-refractivity contribution >= 4 is 11.6 Å². The van der Waals surface area contributed by atoms with E-state index >= 15 is 0 Å². The monoisotopic (exact) mass is 259 g/mol. The molecule has 0 radical (unpaired) electrons. The summed E-state index contributed by atoms with van der Waals surface area (Å²) < 4.78 is 1.86.